The lowest BCUT2D eigenvalue weighted by molar-refractivity contribution is 0.172. The predicted octanol–water partition coefficient (Wildman–Crippen LogP) is 4.12. The Kier molecular flexibility index (Phi) is 3.99. The maximum Gasteiger partial charge on any atom is 0.113 e. The lowest BCUT2D eigenvalue weighted by atomic mass is 9.88. The summed E-state index contributed by atoms with van der Waals surface area (Å²) in [4.78, 5) is 4.82. The third kappa shape index (κ3) is 2.70. The van der Waals surface area contributed by atoms with Crippen LogP contribution in [0.15, 0.2) is 18.2 Å². The number of fused-ring (bicyclic) bond motifs is 1. The molecule has 0 aliphatic heterocycles. The average Bonchev–Trinajstić information content (AvgIpc) is 2.77. The molecule has 3 rings (SSSR count). The molecule has 108 valence electrons. The first-order valence-corrected chi connectivity index (χ1v) is 7.86. The van der Waals surface area contributed by atoms with Crippen molar-refractivity contribution in [3.8, 4) is 0 Å². The monoisotopic (exact) mass is 292 g/mol. The summed E-state index contributed by atoms with van der Waals surface area (Å²) in [7, 11) is 0. The summed E-state index contributed by atoms with van der Waals surface area (Å²) in [5.41, 5.74) is 2.02. The van der Waals surface area contributed by atoms with Crippen LogP contribution >= 0.6 is 11.6 Å². The number of nitrogens with zero attached hydrogens (tertiary/aromatic N) is 2. The van der Waals surface area contributed by atoms with Crippen molar-refractivity contribution in [1.82, 2.24) is 9.55 Å². The Bertz CT molecular complexity index is 600. The van der Waals surface area contributed by atoms with Crippen molar-refractivity contribution in [2.45, 2.75) is 57.6 Å². The highest BCUT2D eigenvalue weighted by molar-refractivity contribution is 6.31. The van der Waals surface area contributed by atoms with Crippen molar-refractivity contribution in [3.05, 3.63) is 29.0 Å². The van der Waals surface area contributed by atoms with Gasteiger partial charge in [-0.1, -0.05) is 30.9 Å². The van der Waals surface area contributed by atoms with Gasteiger partial charge < -0.3 is 9.67 Å². The van der Waals surface area contributed by atoms with Crippen LogP contribution < -0.4 is 0 Å². The number of rotatable bonds is 3. The number of hydrogen-bond acceptors (Lipinski definition) is 2. The van der Waals surface area contributed by atoms with Gasteiger partial charge in [-0.3, -0.25) is 0 Å². The highest BCUT2D eigenvalue weighted by atomic mass is 35.5. The van der Waals surface area contributed by atoms with E-state index in [9.17, 15) is 5.11 Å². The molecule has 1 aliphatic rings. The minimum absolute atomic E-state index is 0.381. The molecule has 20 heavy (non-hydrogen) atoms. The molecular weight excluding hydrogens is 272 g/mol. The van der Waals surface area contributed by atoms with Gasteiger partial charge in [0.05, 0.1) is 23.7 Å². The molecule has 1 unspecified atom stereocenters. The van der Waals surface area contributed by atoms with E-state index in [1.54, 1.807) is 0 Å². The number of aliphatic hydroxyl groups is 1. The van der Waals surface area contributed by atoms with Gasteiger partial charge in [-0.25, -0.2) is 4.98 Å². The van der Waals surface area contributed by atoms with Crippen molar-refractivity contribution < 1.29 is 5.11 Å². The van der Waals surface area contributed by atoms with Crippen LogP contribution in [0.3, 0.4) is 0 Å². The Morgan fingerprint density at radius 2 is 2.10 bits per heavy atom. The summed E-state index contributed by atoms with van der Waals surface area (Å²) in [6, 6.07) is 5.81. The number of benzene rings is 1. The van der Waals surface area contributed by atoms with Gasteiger partial charge in [0.15, 0.2) is 0 Å². The molecule has 1 aromatic heterocycles. The quantitative estimate of drug-likeness (QED) is 0.924. The van der Waals surface area contributed by atoms with Gasteiger partial charge in [0.2, 0.25) is 0 Å². The van der Waals surface area contributed by atoms with Crippen molar-refractivity contribution in [3.63, 3.8) is 0 Å². The minimum atomic E-state index is -0.381. The molecule has 3 nitrogen and oxygen atoms in total. The van der Waals surface area contributed by atoms with Crippen LogP contribution in [0.1, 0.15) is 50.8 Å². The van der Waals surface area contributed by atoms with E-state index < -0.39 is 0 Å². The van der Waals surface area contributed by atoms with Gasteiger partial charge in [-0.2, -0.15) is 0 Å². The van der Waals surface area contributed by atoms with Crippen LogP contribution in [0, 0.1) is 0 Å². The topological polar surface area (TPSA) is 38.0 Å². The first kappa shape index (κ1) is 13.9. The van der Waals surface area contributed by atoms with Gasteiger partial charge in [0, 0.05) is 10.9 Å². The number of aliphatic hydroxyl groups excluding tert-OH is 1. The normalized spacial score (nSPS) is 18.6. The van der Waals surface area contributed by atoms with Gasteiger partial charge in [0.1, 0.15) is 5.82 Å². The van der Waals surface area contributed by atoms with Crippen molar-refractivity contribution in [2.24, 2.45) is 0 Å². The zero-order chi connectivity index (χ0) is 14.1. The molecule has 0 radical (unpaired) electrons. The molecule has 1 saturated carbocycles. The van der Waals surface area contributed by atoms with Crippen LogP contribution in [0.4, 0.5) is 0 Å². The van der Waals surface area contributed by atoms with Gasteiger partial charge in [0.25, 0.3) is 0 Å². The fourth-order valence-corrected chi connectivity index (χ4v) is 3.41. The molecule has 1 atom stereocenters. The first-order chi connectivity index (χ1) is 9.65. The molecule has 0 spiro atoms. The largest absolute Gasteiger partial charge is 0.392 e. The maximum atomic E-state index is 9.79. The molecular formula is C16H21ClN2O. The van der Waals surface area contributed by atoms with Crippen LogP contribution in [0.25, 0.3) is 11.0 Å². The molecule has 0 bridgehead atoms. The van der Waals surface area contributed by atoms with Gasteiger partial charge >= 0.3 is 0 Å². The van der Waals surface area contributed by atoms with E-state index in [1.165, 1.54) is 32.1 Å². The summed E-state index contributed by atoms with van der Waals surface area (Å²) < 4.78 is 2.17. The highest BCUT2D eigenvalue weighted by Gasteiger charge is 2.23. The Balaban J connectivity index is 2.08. The molecule has 1 heterocycles. The zero-order valence-corrected chi connectivity index (χ0v) is 12.6. The Hall–Kier alpha value is -1.06. The molecule has 1 N–H and O–H groups in total. The van der Waals surface area contributed by atoms with E-state index in [-0.39, 0.29) is 6.10 Å². The van der Waals surface area contributed by atoms with Crippen LogP contribution in [-0.2, 0) is 6.54 Å². The Morgan fingerprint density at radius 1 is 1.35 bits per heavy atom. The number of aromatic nitrogens is 2. The van der Waals surface area contributed by atoms with E-state index in [2.05, 4.69) is 4.57 Å². The van der Waals surface area contributed by atoms with E-state index in [0.29, 0.717) is 12.5 Å². The molecule has 1 fully saturated rings. The minimum Gasteiger partial charge on any atom is -0.392 e. The number of hydrogen-bond donors (Lipinski definition) is 1. The molecule has 1 aliphatic carbocycles. The second-order valence-corrected chi connectivity index (χ2v) is 6.33. The smallest absolute Gasteiger partial charge is 0.113 e. The average molecular weight is 293 g/mol. The fraction of sp³-hybridized carbons (Fsp3) is 0.562. The summed E-state index contributed by atoms with van der Waals surface area (Å²) in [5.74, 6) is 1.65. The second kappa shape index (κ2) is 5.74. The number of halogens is 1. The Morgan fingerprint density at radius 3 is 2.80 bits per heavy atom. The molecule has 2 aromatic rings. The Labute approximate surface area is 124 Å². The van der Waals surface area contributed by atoms with Crippen LogP contribution in [-0.4, -0.2) is 20.8 Å². The molecule has 0 saturated heterocycles. The van der Waals surface area contributed by atoms with Crippen molar-refractivity contribution >= 4 is 22.6 Å². The SMILES string of the molecule is CC(O)Cn1c(C2CCCCC2)nc2ccc(Cl)cc21. The summed E-state index contributed by atoms with van der Waals surface area (Å²) >= 11 is 6.12. The fourth-order valence-electron chi connectivity index (χ4n) is 3.24. The summed E-state index contributed by atoms with van der Waals surface area (Å²) in [5, 5.41) is 10.5. The van der Waals surface area contributed by atoms with Crippen molar-refractivity contribution in [1.29, 1.82) is 0 Å². The third-order valence-corrected chi connectivity index (χ3v) is 4.39. The van der Waals surface area contributed by atoms with Crippen LogP contribution in [0.2, 0.25) is 5.02 Å². The number of imidazole rings is 1. The highest BCUT2D eigenvalue weighted by Crippen LogP contribution is 2.34. The van der Waals surface area contributed by atoms with E-state index in [4.69, 9.17) is 16.6 Å². The van der Waals surface area contributed by atoms with E-state index in [0.717, 1.165) is 21.9 Å². The lowest BCUT2D eigenvalue weighted by Crippen LogP contribution is -2.17. The molecule has 4 heteroatoms. The maximum absolute atomic E-state index is 9.79. The summed E-state index contributed by atoms with van der Waals surface area (Å²) in [6.45, 7) is 2.41. The third-order valence-electron chi connectivity index (χ3n) is 4.16. The zero-order valence-electron chi connectivity index (χ0n) is 11.8. The summed E-state index contributed by atoms with van der Waals surface area (Å²) in [6.07, 6.45) is 5.92. The molecule has 0 amide bonds. The van der Waals surface area contributed by atoms with E-state index >= 15 is 0 Å². The standard InChI is InChI=1S/C16H21ClN2O/c1-11(20)10-19-15-9-13(17)7-8-14(15)18-16(19)12-5-3-2-4-6-12/h7-9,11-12,20H,2-6,10H2,1H3. The van der Waals surface area contributed by atoms with Gasteiger partial charge in [-0.05, 0) is 38.0 Å². The predicted molar refractivity (Wildman–Crippen MR) is 82.2 cm³/mol. The van der Waals surface area contributed by atoms with Crippen molar-refractivity contribution in [2.75, 3.05) is 0 Å². The van der Waals surface area contributed by atoms with E-state index in [1.807, 2.05) is 25.1 Å². The first-order valence-electron chi connectivity index (χ1n) is 7.49. The molecule has 1 aromatic carbocycles. The second-order valence-electron chi connectivity index (χ2n) is 5.90. The lowest BCUT2D eigenvalue weighted by Gasteiger charge is -2.22. The van der Waals surface area contributed by atoms with Gasteiger partial charge in [-0.15, -0.1) is 0 Å². The van der Waals surface area contributed by atoms with Crippen LogP contribution in [0.5, 0.6) is 0 Å².